The van der Waals surface area contributed by atoms with Gasteiger partial charge >= 0.3 is 29.6 Å². The van der Waals surface area contributed by atoms with Crippen LogP contribution in [-0.2, 0) is 9.09 Å². The Bertz CT molecular complexity index is 160. The van der Waals surface area contributed by atoms with Crippen molar-refractivity contribution in [2.45, 2.75) is 6.42 Å². The standard InChI is InChI=1S/C3H6NO4P.Na/c4-2-1-3-8-9(5,6)7;/h1,3H2,(H2,5,6,7);/q;+1/p-1. The average Bonchev–Trinajstić information content (AvgIpc) is 1.63. The molecule has 0 aliphatic rings. The van der Waals surface area contributed by atoms with Gasteiger partial charge in [0.1, 0.15) is 0 Å². The van der Waals surface area contributed by atoms with Gasteiger partial charge in [-0.2, -0.15) is 5.26 Å². The Morgan fingerprint density at radius 3 is 2.60 bits per heavy atom. The first-order valence-corrected chi connectivity index (χ1v) is 3.61. The zero-order valence-corrected chi connectivity index (χ0v) is 8.38. The summed E-state index contributed by atoms with van der Waals surface area (Å²) in [5.74, 6) is 0. The predicted octanol–water partition coefficient (Wildman–Crippen LogP) is -3.62. The molecule has 0 spiro atoms. The maximum atomic E-state index is 9.76. The van der Waals surface area contributed by atoms with Crippen molar-refractivity contribution in [2.24, 2.45) is 0 Å². The van der Waals surface area contributed by atoms with Crippen LogP contribution in [0.15, 0.2) is 0 Å². The first-order valence-electron chi connectivity index (χ1n) is 2.11. The van der Waals surface area contributed by atoms with Crippen molar-refractivity contribution in [1.82, 2.24) is 0 Å². The van der Waals surface area contributed by atoms with Crippen LogP contribution in [-0.4, -0.2) is 11.5 Å². The summed E-state index contributed by atoms with van der Waals surface area (Å²) in [6.07, 6.45) is -0.0488. The van der Waals surface area contributed by atoms with E-state index in [1.54, 1.807) is 6.07 Å². The zero-order chi connectivity index (χ0) is 7.33. The van der Waals surface area contributed by atoms with E-state index in [4.69, 9.17) is 10.2 Å². The monoisotopic (exact) mass is 173 g/mol. The molecular formula is C3H5NNaO4P. The summed E-state index contributed by atoms with van der Waals surface area (Å²) < 4.78 is 13.6. The molecule has 0 heterocycles. The number of rotatable bonds is 3. The number of hydrogen-bond acceptors (Lipinski definition) is 4. The maximum Gasteiger partial charge on any atom is 1.00 e. The molecule has 0 saturated carbocycles. The molecule has 0 aromatic carbocycles. The van der Waals surface area contributed by atoms with Gasteiger partial charge in [-0.25, -0.2) is 0 Å². The number of nitriles is 1. The fourth-order valence-electron chi connectivity index (χ4n) is 0.207. The Hall–Kier alpha value is 0.600. The fraction of sp³-hybridized carbons (Fsp3) is 0.667. The minimum atomic E-state index is -4.60. The van der Waals surface area contributed by atoms with E-state index in [9.17, 15) is 9.46 Å². The van der Waals surface area contributed by atoms with Gasteiger partial charge in [0, 0.05) is 0 Å². The smallest absolute Gasteiger partial charge is 0.756 e. The van der Waals surface area contributed by atoms with Gasteiger partial charge < -0.3 is 14.3 Å². The molecule has 1 unspecified atom stereocenters. The third-order valence-electron chi connectivity index (χ3n) is 0.468. The Morgan fingerprint density at radius 2 is 2.30 bits per heavy atom. The summed E-state index contributed by atoms with van der Waals surface area (Å²) in [5.41, 5.74) is 0. The average molecular weight is 173 g/mol. The quantitative estimate of drug-likeness (QED) is 0.270. The van der Waals surface area contributed by atoms with E-state index in [-0.39, 0.29) is 42.6 Å². The third-order valence-corrected chi connectivity index (χ3v) is 0.977. The van der Waals surface area contributed by atoms with Gasteiger partial charge in [-0.3, -0.25) is 4.57 Å². The van der Waals surface area contributed by atoms with E-state index in [0.717, 1.165) is 0 Å². The molecule has 0 rings (SSSR count). The van der Waals surface area contributed by atoms with Gasteiger partial charge in [-0.15, -0.1) is 0 Å². The van der Waals surface area contributed by atoms with E-state index in [1.807, 2.05) is 0 Å². The summed E-state index contributed by atoms with van der Waals surface area (Å²) in [4.78, 5) is 17.7. The molecule has 0 aliphatic carbocycles. The molecule has 0 fully saturated rings. The molecule has 7 heteroatoms. The summed E-state index contributed by atoms with van der Waals surface area (Å²) in [6, 6.07) is 1.64. The largest absolute Gasteiger partial charge is 1.00 e. The van der Waals surface area contributed by atoms with Crippen molar-refractivity contribution in [3.63, 3.8) is 0 Å². The third kappa shape index (κ3) is 11.4. The summed E-state index contributed by atoms with van der Waals surface area (Å²) >= 11 is 0. The van der Waals surface area contributed by atoms with Crippen molar-refractivity contribution in [3.8, 4) is 6.07 Å². The van der Waals surface area contributed by atoms with Gasteiger partial charge in [-0.1, -0.05) is 0 Å². The van der Waals surface area contributed by atoms with Crippen molar-refractivity contribution < 1.29 is 48.4 Å². The van der Waals surface area contributed by atoms with Gasteiger partial charge in [-0.05, 0) is 0 Å². The van der Waals surface area contributed by atoms with Gasteiger partial charge in [0.05, 0.1) is 19.1 Å². The van der Waals surface area contributed by atoms with E-state index < -0.39 is 7.82 Å². The second kappa shape index (κ2) is 6.32. The Morgan fingerprint density at radius 1 is 1.80 bits per heavy atom. The molecule has 5 nitrogen and oxygen atoms in total. The molecule has 52 valence electrons. The van der Waals surface area contributed by atoms with Crippen LogP contribution >= 0.6 is 7.82 Å². The van der Waals surface area contributed by atoms with E-state index in [1.165, 1.54) is 0 Å². The van der Waals surface area contributed by atoms with Crippen LogP contribution in [0, 0.1) is 11.3 Å². The summed E-state index contributed by atoms with van der Waals surface area (Å²) in [5, 5.41) is 7.86. The van der Waals surface area contributed by atoms with Gasteiger partial charge in [0.2, 0.25) is 0 Å². The Balaban J connectivity index is 0. The molecule has 1 N–H and O–H groups in total. The molecule has 1 atom stereocenters. The second-order valence-corrected chi connectivity index (χ2v) is 2.41. The van der Waals surface area contributed by atoms with Crippen LogP contribution in [0.25, 0.3) is 0 Å². The van der Waals surface area contributed by atoms with E-state index >= 15 is 0 Å². The Kier molecular flexibility index (Phi) is 8.35. The zero-order valence-electron chi connectivity index (χ0n) is 5.48. The minimum Gasteiger partial charge on any atom is -0.756 e. The van der Waals surface area contributed by atoms with Crippen LogP contribution in [0.5, 0.6) is 0 Å². The topological polar surface area (TPSA) is 93.4 Å². The van der Waals surface area contributed by atoms with Crippen molar-refractivity contribution in [1.29, 1.82) is 5.26 Å². The van der Waals surface area contributed by atoms with Crippen LogP contribution in [0.1, 0.15) is 6.42 Å². The molecule has 0 saturated heterocycles. The van der Waals surface area contributed by atoms with Crippen LogP contribution < -0.4 is 34.5 Å². The number of phosphoric acid groups is 1. The van der Waals surface area contributed by atoms with Crippen molar-refractivity contribution >= 4 is 7.82 Å². The number of hydrogen-bond donors (Lipinski definition) is 1. The number of phosphoric ester groups is 1. The molecule has 0 amide bonds. The number of nitrogens with zero attached hydrogens (tertiary/aromatic N) is 1. The molecule has 0 aromatic heterocycles. The SMILES string of the molecule is N#CCCOP(=O)([O-])O.[Na+]. The molecule has 0 aromatic rings. The second-order valence-electron chi connectivity index (χ2n) is 1.21. The normalized spacial score (nSPS) is 14.5. The fourth-order valence-corrected chi connectivity index (χ4v) is 0.529. The molecule has 10 heavy (non-hydrogen) atoms. The first kappa shape index (κ1) is 13.2. The first-order chi connectivity index (χ1) is 4.06. The van der Waals surface area contributed by atoms with Crippen LogP contribution in [0.4, 0.5) is 0 Å². The van der Waals surface area contributed by atoms with E-state index in [0.29, 0.717) is 0 Å². The van der Waals surface area contributed by atoms with Crippen molar-refractivity contribution in [2.75, 3.05) is 6.61 Å². The van der Waals surface area contributed by atoms with Gasteiger partial charge in [0.15, 0.2) is 0 Å². The molecule has 0 bridgehead atoms. The maximum absolute atomic E-state index is 9.76. The van der Waals surface area contributed by atoms with Gasteiger partial charge in [0.25, 0.3) is 7.82 Å². The van der Waals surface area contributed by atoms with Crippen molar-refractivity contribution in [3.05, 3.63) is 0 Å². The Labute approximate surface area is 80.5 Å². The summed E-state index contributed by atoms with van der Waals surface area (Å²) in [6.45, 7) is -0.284. The summed E-state index contributed by atoms with van der Waals surface area (Å²) in [7, 11) is -4.60. The van der Waals surface area contributed by atoms with Crippen LogP contribution in [0.3, 0.4) is 0 Å². The van der Waals surface area contributed by atoms with E-state index in [2.05, 4.69) is 4.52 Å². The molecular weight excluding hydrogens is 168 g/mol. The van der Waals surface area contributed by atoms with Crippen LogP contribution in [0.2, 0.25) is 0 Å². The molecule has 0 radical (unpaired) electrons. The predicted molar refractivity (Wildman–Crippen MR) is 26.0 cm³/mol. The minimum absolute atomic E-state index is 0. The molecule has 0 aliphatic heterocycles.